The molecule has 0 aromatic rings. The molecule has 1 aliphatic heterocycles. The summed E-state index contributed by atoms with van der Waals surface area (Å²) in [4.78, 5) is 11.2. The lowest BCUT2D eigenvalue weighted by Crippen LogP contribution is -2.87. The molecule has 2 aliphatic rings. The zero-order valence-corrected chi connectivity index (χ0v) is 9.85. The van der Waals surface area contributed by atoms with Gasteiger partial charge in [-0.15, -0.1) is 0 Å². The summed E-state index contributed by atoms with van der Waals surface area (Å²) >= 11 is 0. The molecule has 104 valence electrons. The second-order valence-corrected chi connectivity index (χ2v) is 4.87. The summed E-state index contributed by atoms with van der Waals surface area (Å²) in [6.45, 7) is 1.09. The Morgan fingerprint density at radius 3 is 2.28 bits per heavy atom. The molecule has 8 heteroatoms. The molecule has 1 saturated carbocycles. The molecule has 7 atom stereocenters. The number of carbonyl (C=O) groups is 1. The summed E-state index contributed by atoms with van der Waals surface area (Å²) in [5.41, 5.74) is -4.29. The van der Waals surface area contributed by atoms with Crippen molar-refractivity contribution in [3.8, 4) is 0 Å². The Bertz CT molecular complexity index is 369. The van der Waals surface area contributed by atoms with Crippen LogP contribution in [0.4, 0.5) is 0 Å². The number of carboxylic acid groups (broad SMARTS) is 1. The van der Waals surface area contributed by atoms with Gasteiger partial charge in [-0.2, -0.15) is 0 Å². The first-order valence-electron chi connectivity index (χ1n) is 5.41. The van der Waals surface area contributed by atoms with Gasteiger partial charge in [0, 0.05) is 7.11 Å². The number of aliphatic hydroxyl groups is 4. The maximum atomic E-state index is 11.2. The Balaban J connectivity index is 2.39. The van der Waals surface area contributed by atoms with Crippen molar-refractivity contribution in [2.45, 2.75) is 43.2 Å². The van der Waals surface area contributed by atoms with Crippen LogP contribution >= 0.6 is 0 Å². The Morgan fingerprint density at radius 1 is 1.28 bits per heavy atom. The molecule has 2 rings (SSSR count). The molecule has 1 heterocycles. The van der Waals surface area contributed by atoms with Crippen LogP contribution in [0.1, 0.15) is 6.92 Å². The molecule has 1 aliphatic carbocycles. The second-order valence-electron chi connectivity index (χ2n) is 4.87. The van der Waals surface area contributed by atoms with Gasteiger partial charge in [-0.3, -0.25) is 4.79 Å². The summed E-state index contributed by atoms with van der Waals surface area (Å²) in [5, 5.41) is 48.8. The Morgan fingerprint density at radius 2 is 1.83 bits per heavy atom. The normalized spacial score (nSPS) is 55.6. The van der Waals surface area contributed by atoms with E-state index in [1.165, 1.54) is 7.11 Å². The maximum absolute atomic E-state index is 11.2. The first-order chi connectivity index (χ1) is 8.22. The van der Waals surface area contributed by atoms with E-state index in [4.69, 9.17) is 14.6 Å². The molecule has 0 aromatic heterocycles. The van der Waals surface area contributed by atoms with Gasteiger partial charge in [-0.1, -0.05) is 0 Å². The van der Waals surface area contributed by atoms with E-state index in [-0.39, 0.29) is 0 Å². The van der Waals surface area contributed by atoms with Gasteiger partial charge in [0.2, 0.25) is 0 Å². The van der Waals surface area contributed by atoms with Crippen molar-refractivity contribution in [1.29, 1.82) is 0 Å². The zero-order chi connectivity index (χ0) is 13.9. The predicted molar refractivity (Wildman–Crippen MR) is 54.4 cm³/mol. The van der Waals surface area contributed by atoms with Crippen LogP contribution in [-0.4, -0.2) is 74.9 Å². The number of hydrogen-bond acceptors (Lipinski definition) is 7. The largest absolute Gasteiger partial charge is 0.481 e. The van der Waals surface area contributed by atoms with E-state index in [0.717, 1.165) is 6.92 Å². The van der Waals surface area contributed by atoms with Crippen molar-refractivity contribution < 1.29 is 39.8 Å². The SMILES string of the molecule is CO[C@@H]1O[C@@H]2C(O)C(C)(C(=O)O)[C@@]2(O)[C@H](O)[C@H]1O. The van der Waals surface area contributed by atoms with E-state index in [9.17, 15) is 25.2 Å². The third kappa shape index (κ3) is 1.22. The van der Waals surface area contributed by atoms with Crippen molar-refractivity contribution in [2.75, 3.05) is 7.11 Å². The van der Waals surface area contributed by atoms with Crippen LogP contribution in [0, 0.1) is 5.41 Å². The number of fused-ring (bicyclic) bond motifs is 1. The van der Waals surface area contributed by atoms with Crippen molar-refractivity contribution in [1.82, 2.24) is 0 Å². The number of ether oxygens (including phenoxy) is 2. The molecular weight excluding hydrogens is 248 g/mol. The summed E-state index contributed by atoms with van der Waals surface area (Å²) in [7, 11) is 1.21. The van der Waals surface area contributed by atoms with Crippen molar-refractivity contribution in [3.05, 3.63) is 0 Å². The van der Waals surface area contributed by atoms with E-state index in [0.29, 0.717) is 0 Å². The van der Waals surface area contributed by atoms with E-state index in [1.54, 1.807) is 0 Å². The monoisotopic (exact) mass is 264 g/mol. The summed E-state index contributed by atoms with van der Waals surface area (Å²) in [6.07, 6.45) is -7.49. The molecular formula is C10H16O8. The van der Waals surface area contributed by atoms with Gasteiger partial charge in [0.05, 0.1) is 0 Å². The number of rotatable bonds is 2. The van der Waals surface area contributed by atoms with Crippen LogP contribution in [0.15, 0.2) is 0 Å². The highest BCUT2D eigenvalue weighted by molar-refractivity contribution is 5.79. The van der Waals surface area contributed by atoms with E-state index in [1.807, 2.05) is 0 Å². The van der Waals surface area contributed by atoms with Crippen LogP contribution in [0.2, 0.25) is 0 Å². The van der Waals surface area contributed by atoms with Crippen LogP contribution < -0.4 is 0 Å². The molecule has 18 heavy (non-hydrogen) atoms. The third-order valence-corrected chi connectivity index (χ3v) is 4.15. The van der Waals surface area contributed by atoms with Gasteiger partial charge in [-0.25, -0.2) is 0 Å². The lowest BCUT2D eigenvalue weighted by Gasteiger charge is -2.65. The summed E-state index contributed by atoms with van der Waals surface area (Å²) < 4.78 is 9.83. The zero-order valence-electron chi connectivity index (χ0n) is 9.85. The van der Waals surface area contributed by atoms with Crippen LogP contribution in [0.3, 0.4) is 0 Å². The topological polar surface area (TPSA) is 137 Å². The second kappa shape index (κ2) is 3.86. The molecule has 0 radical (unpaired) electrons. The van der Waals surface area contributed by atoms with Crippen LogP contribution in [0.25, 0.3) is 0 Å². The van der Waals surface area contributed by atoms with E-state index < -0.39 is 47.7 Å². The molecule has 2 unspecified atom stereocenters. The highest BCUT2D eigenvalue weighted by Gasteiger charge is 2.80. The van der Waals surface area contributed by atoms with Gasteiger partial charge in [0.25, 0.3) is 0 Å². The maximum Gasteiger partial charge on any atom is 0.315 e. The fraction of sp³-hybridized carbons (Fsp3) is 0.900. The van der Waals surface area contributed by atoms with Gasteiger partial charge in [-0.05, 0) is 6.92 Å². The molecule has 1 saturated heterocycles. The number of aliphatic carboxylic acids is 1. The van der Waals surface area contributed by atoms with Crippen LogP contribution in [0.5, 0.6) is 0 Å². The highest BCUT2D eigenvalue weighted by atomic mass is 16.7. The van der Waals surface area contributed by atoms with Crippen molar-refractivity contribution >= 4 is 5.97 Å². The van der Waals surface area contributed by atoms with Gasteiger partial charge in [0.15, 0.2) is 6.29 Å². The minimum absolute atomic E-state index is 1.09. The Labute approximate surface area is 102 Å². The standard InChI is InChI=1S/C10H16O8/c1-9(8(14)15)5(13)6-10(9,16)4(12)3(11)7(17-2)18-6/h3-7,11-13,16H,1-2H3,(H,14,15)/t3-,4-,5?,6-,7-,9?,10-/m1/s1. The van der Waals surface area contributed by atoms with Gasteiger partial charge >= 0.3 is 5.97 Å². The van der Waals surface area contributed by atoms with Crippen molar-refractivity contribution in [2.24, 2.45) is 5.41 Å². The Hall–Kier alpha value is -0.770. The number of methoxy groups -OCH3 is 1. The third-order valence-electron chi connectivity index (χ3n) is 4.15. The molecule has 5 N–H and O–H groups in total. The highest BCUT2D eigenvalue weighted by Crippen LogP contribution is 2.56. The minimum atomic E-state index is -2.27. The molecule has 0 spiro atoms. The van der Waals surface area contributed by atoms with Gasteiger partial charge < -0.3 is 35.0 Å². The fourth-order valence-corrected chi connectivity index (χ4v) is 2.76. The van der Waals surface area contributed by atoms with Gasteiger partial charge in [0.1, 0.15) is 35.4 Å². The number of aliphatic hydroxyl groups excluding tert-OH is 3. The minimum Gasteiger partial charge on any atom is -0.481 e. The van der Waals surface area contributed by atoms with Crippen molar-refractivity contribution in [3.63, 3.8) is 0 Å². The smallest absolute Gasteiger partial charge is 0.315 e. The molecule has 8 nitrogen and oxygen atoms in total. The fourth-order valence-electron chi connectivity index (χ4n) is 2.76. The molecule has 0 aromatic carbocycles. The summed E-state index contributed by atoms with van der Waals surface area (Å²) in [6, 6.07) is 0. The lowest BCUT2D eigenvalue weighted by atomic mass is 9.49. The first kappa shape index (κ1) is 13.7. The average Bonchev–Trinajstić information content (AvgIpc) is 2.34. The Kier molecular flexibility index (Phi) is 2.93. The quantitative estimate of drug-likeness (QED) is 0.363. The lowest BCUT2D eigenvalue weighted by molar-refractivity contribution is -0.415. The number of hydrogen-bond donors (Lipinski definition) is 5. The van der Waals surface area contributed by atoms with E-state index >= 15 is 0 Å². The molecule has 2 fully saturated rings. The van der Waals surface area contributed by atoms with Crippen LogP contribution in [-0.2, 0) is 14.3 Å². The molecule has 0 amide bonds. The first-order valence-corrected chi connectivity index (χ1v) is 5.41. The average molecular weight is 264 g/mol. The summed E-state index contributed by atoms with van der Waals surface area (Å²) in [5.74, 6) is -1.49. The number of carboxylic acids is 1. The molecule has 0 bridgehead atoms. The predicted octanol–water partition coefficient (Wildman–Crippen LogP) is -2.72. The van der Waals surface area contributed by atoms with E-state index in [2.05, 4.69) is 0 Å².